The third-order valence-electron chi connectivity index (χ3n) is 8.18. The van der Waals surface area contributed by atoms with E-state index in [0.29, 0.717) is 24.0 Å². The van der Waals surface area contributed by atoms with Crippen LogP contribution in [0.3, 0.4) is 0 Å². The molecule has 3 aliphatic carbocycles. The molecule has 0 aromatic rings. The normalized spacial score (nSPS) is 48.1. The first kappa shape index (κ1) is 19.0. The molecule has 138 valence electrons. The predicted molar refractivity (Wildman–Crippen MR) is 105 cm³/mol. The van der Waals surface area contributed by atoms with Gasteiger partial charge in [-0.15, -0.1) is 0 Å². The van der Waals surface area contributed by atoms with Crippen LogP contribution in [0.4, 0.5) is 0 Å². The van der Waals surface area contributed by atoms with Crippen LogP contribution >= 0.6 is 12.6 Å². The van der Waals surface area contributed by atoms with Crippen LogP contribution in [-0.4, -0.2) is 10.5 Å². The molecule has 0 amide bonds. The molecule has 2 nitrogen and oxygen atoms in total. The van der Waals surface area contributed by atoms with E-state index in [4.69, 9.17) is 12.6 Å². The quantitative estimate of drug-likeness (QED) is 0.516. The van der Waals surface area contributed by atoms with Crippen molar-refractivity contribution in [3.05, 3.63) is 11.6 Å². The van der Waals surface area contributed by atoms with Gasteiger partial charge in [0.05, 0.1) is 6.07 Å². The highest BCUT2D eigenvalue weighted by Crippen LogP contribution is 2.68. The maximum absolute atomic E-state index is 13.5. The minimum atomic E-state index is -0.204. The van der Waals surface area contributed by atoms with Crippen molar-refractivity contribution >= 4 is 18.4 Å². The summed E-state index contributed by atoms with van der Waals surface area (Å²) in [5, 5.41) is 9.18. The highest BCUT2D eigenvalue weighted by atomic mass is 32.1. The molecular formula is C22H33NOS. The number of nitriles is 1. The summed E-state index contributed by atoms with van der Waals surface area (Å²) in [7, 11) is 0. The van der Waals surface area contributed by atoms with E-state index >= 15 is 0 Å². The zero-order valence-corrected chi connectivity index (χ0v) is 17.2. The van der Waals surface area contributed by atoms with E-state index in [2.05, 4.69) is 33.8 Å². The number of fused-ring (bicyclic) bond motifs is 3. The Bertz CT molecular complexity index is 634. The smallest absolute Gasteiger partial charge is 0.138 e. The van der Waals surface area contributed by atoms with Crippen molar-refractivity contribution in [2.24, 2.45) is 28.6 Å². The minimum absolute atomic E-state index is 0.0708. The number of ketones is 1. The zero-order chi connectivity index (χ0) is 18.5. The lowest BCUT2D eigenvalue weighted by Crippen LogP contribution is -2.63. The van der Waals surface area contributed by atoms with Crippen LogP contribution in [0.2, 0.25) is 0 Å². The molecule has 3 heteroatoms. The van der Waals surface area contributed by atoms with E-state index in [9.17, 15) is 10.1 Å². The monoisotopic (exact) mass is 359 g/mol. The predicted octanol–water partition coefficient (Wildman–Crippen LogP) is 5.74. The van der Waals surface area contributed by atoms with Crippen LogP contribution in [0.1, 0.15) is 79.1 Å². The third-order valence-corrected chi connectivity index (χ3v) is 8.97. The first-order valence-electron chi connectivity index (χ1n) is 10.1. The van der Waals surface area contributed by atoms with Crippen LogP contribution in [0.5, 0.6) is 0 Å². The molecule has 3 rings (SSSR count). The van der Waals surface area contributed by atoms with Gasteiger partial charge in [-0.2, -0.15) is 17.9 Å². The first-order valence-corrected chi connectivity index (χ1v) is 10.6. The van der Waals surface area contributed by atoms with Gasteiger partial charge in [0.2, 0.25) is 0 Å². The number of hydrogen-bond donors (Lipinski definition) is 1. The van der Waals surface area contributed by atoms with E-state index in [1.165, 1.54) is 12.0 Å². The molecular weight excluding hydrogens is 326 g/mol. The van der Waals surface area contributed by atoms with Crippen LogP contribution in [-0.2, 0) is 4.79 Å². The Balaban J connectivity index is 2.08. The second-order valence-electron chi connectivity index (χ2n) is 9.27. The van der Waals surface area contributed by atoms with Crippen molar-refractivity contribution in [1.82, 2.24) is 0 Å². The lowest BCUT2D eigenvalue weighted by molar-refractivity contribution is -0.146. The van der Waals surface area contributed by atoms with Crippen LogP contribution in [0.25, 0.3) is 0 Å². The van der Waals surface area contributed by atoms with E-state index in [-0.39, 0.29) is 21.5 Å². The fourth-order valence-electron chi connectivity index (χ4n) is 7.21. The van der Waals surface area contributed by atoms with Gasteiger partial charge in [0, 0.05) is 28.6 Å². The van der Waals surface area contributed by atoms with E-state index in [0.717, 1.165) is 38.5 Å². The molecule has 0 aliphatic heterocycles. The fourth-order valence-corrected chi connectivity index (χ4v) is 8.19. The highest BCUT2D eigenvalue weighted by Gasteiger charge is 2.66. The largest absolute Gasteiger partial charge is 0.299 e. The maximum atomic E-state index is 13.5. The van der Waals surface area contributed by atoms with Crippen molar-refractivity contribution in [2.75, 3.05) is 0 Å². The number of rotatable bonds is 3. The van der Waals surface area contributed by atoms with Gasteiger partial charge in [0.25, 0.3) is 0 Å². The second kappa shape index (κ2) is 6.45. The summed E-state index contributed by atoms with van der Waals surface area (Å²) in [6.07, 6.45) is 9.99. The Labute approximate surface area is 158 Å². The Kier molecular flexibility index (Phi) is 4.91. The summed E-state index contributed by atoms with van der Waals surface area (Å²) in [4.78, 5) is 13.5. The molecule has 0 saturated heterocycles. The van der Waals surface area contributed by atoms with Gasteiger partial charge in [0.1, 0.15) is 5.78 Å². The molecule has 3 saturated carbocycles. The molecule has 6 unspecified atom stereocenters. The Hall–Kier alpha value is -0.750. The van der Waals surface area contributed by atoms with E-state index < -0.39 is 0 Å². The molecule has 0 aromatic heterocycles. The van der Waals surface area contributed by atoms with Crippen molar-refractivity contribution in [1.29, 1.82) is 5.26 Å². The SMILES string of the molecule is CCCC1(C)C(CC)CCC2(S)C3CC/C(=C/C#N)C3(C)CC(=O)C12. The third kappa shape index (κ3) is 2.54. The zero-order valence-electron chi connectivity index (χ0n) is 16.3. The van der Waals surface area contributed by atoms with Gasteiger partial charge in [-0.25, -0.2) is 0 Å². The summed E-state index contributed by atoms with van der Waals surface area (Å²) in [5.74, 6) is 1.52. The summed E-state index contributed by atoms with van der Waals surface area (Å²) in [6.45, 7) is 9.13. The number of nitrogens with zero attached hydrogens (tertiary/aromatic N) is 1. The van der Waals surface area contributed by atoms with E-state index in [1.807, 2.05) is 0 Å². The number of allylic oxidation sites excluding steroid dienone is 2. The topological polar surface area (TPSA) is 40.9 Å². The van der Waals surface area contributed by atoms with Gasteiger partial charge in [-0.05, 0) is 49.4 Å². The lowest BCUT2D eigenvalue weighted by Gasteiger charge is -2.62. The summed E-state index contributed by atoms with van der Waals surface area (Å²) >= 11 is 5.33. The second-order valence-corrected chi connectivity index (χ2v) is 10.1. The minimum Gasteiger partial charge on any atom is -0.299 e. The summed E-state index contributed by atoms with van der Waals surface area (Å²) < 4.78 is -0.204. The molecule has 0 aromatic carbocycles. The number of thiol groups is 1. The van der Waals surface area contributed by atoms with Gasteiger partial charge in [-0.1, -0.05) is 46.1 Å². The van der Waals surface area contributed by atoms with Crippen LogP contribution < -0.4 is 0 Å². The molecule has 3 fully saturated rings. The van der Waals surface area contributed by atoms with Crippen molar-refractivity contribution < 1.29 is 4.79 Å². The maximum Gasteiger partial charge on any atom is 0.138 e. The van der Waals surface area contributed by atoms with Gasteiger partial charge >= 0.3 is 0 Å². The molecule has 0 spiro atoms. The van der Waals surface area contributed by atoms with Gasteiger partial charge < -0.3 is 0 Å². The average Bonchev–Trinajstić information content (AvgIpc) is 2.85. The number of carbonyl (C=O) groups excluding carboxylic acids is 1. The lowest BCUT2D eigenvalue weighted by atomic mass is 9.45. The van der Waals surface area contributed by atoms with Gasteiger partial charge in [0.15, 0.2) is 0 Å². The summed E-state index contributed by atoms with van der Waals surface area (Å²) in [5.41, 5.74) is 1.11. The van der Waals surface area contributed by atoms with Crippen molar-refractivity contribution in [3.8, 4) is 6.07 Å². The highest BCUT2D eigenvalue weighted by molar-refractivity contribution is 7.81. The van der Waals surface area contributed by atoms with Crippen molar-refractivity contribution in [3.63, 3.8) is 0 Å². The molecule has 25 heavy (non-hydrogen) atoms. The fraction of sp³-hybridized carbons (Fsp3) is 0.818. The number of carbonyl (C=O) groups is 1. The first-order chi connectivity index (χ1) is 11.8. The standard InChI is InChI=1S/C22H33NOS/c1-5-11-20(3)15(6-2)9-12-22(25)18-8-7-16(10-13-23)21(18,4)14-17(24)19(20)22/h10,15,18-19,25H,5-9,11-12,14H2,1-4H3/b16-10-. The van der Waals surface area contributed by atoms with Crippen LogP contribution in [0.15, 0.2) is 11.6 Å². The number of Topliss-reactive ketones (excluding diaryl/α,β-unsaturated/α-hetero) is 1. The average molecular weight is 360 g/mol. The van der Waals surface area contributed by atoms with Crippen LogP contribution in [0, 0.1) is 39.9 Å². The molecule has 3 aliphatic rings. The Morgan fingerprint density at radius 3 is 2.64 bits per heavy atom. The molecule has 0 heterocycles. The Morgan fingerprint density at radius 2 is 2.04 bits per heavy atom. The molecule has 0 radical (unpaired) electrons. The van der Waals surface area contributed by atoms with Crippen molar-refractivity contribution in [2.45, 2.75) is 83.8 Å². The van der Waals surface area contributed by atoms with Gasteiger partial charge in [-0.3, -0.25) is 4.79 Å². The molecule has 0 N–H and O–H groups in total. The molecule has 0 bridgehead atoms. The van der Waals surface area contributed by atoms with E-state index in [1.54, 1.807) is 6.08 Å². The Morgan fingerprint density at radius 1 is 1.32 bits per heavy atom. The molecule has 6 atom stereocenters. The number of hydrogen-bond acceptors (Lipinski definition) is 3. The summed E-state index contributed by atoms with van der Waals surface area (Å²) in [6, 6.07) is 2.22.